The maximum Gasteiger partial charge on any atom is 0.251 e. The number of amides is 2. The lowest BCUT2D eigenvalue weighted by Crippen LogP contribution is -2.39. The Morgan fingerprint density at radius 2 is 1.67 bits per heavy atom. The number of imidazole rings is 1. The van der Waals surface area contributed by atoms with Crippen molar-refractivity contribution in [1.29, 1.82) is 0 Å². The van der Waals surface area contributed by atoms with E-state index in [0.29, 0.717) is 17.5 Å². The molecule has 1 N–H and O–H groups in total. The zero-order valence-corrected chi connectivity index (χ0v) is 17.2. The Morgan fingerprint density at radius 1 is 0.967 bits per heavy atom. The summed E-state index contributed by atoms with van der Waals surface area (Å²) < 4.78 is 2.34. The van der Waals surface area contributed by atoms with Gasteiger partial charge in [0, 0.05) is 43.2 Å². The van der Waals surface area contributed by atoms with Crippen LogP contribution in [0.4, 0.5) is 0 Å². The third kappa shape index (κ3) is 3.36. The van der Waals surface area contributed by atoms with E-state index in [0.717, 1.165) is 61.2 Å². The fourth-order valence-corrected chi connectivity index (χ4v) is 4.47. The number of carbonyl (C=O) groups excluding carboxylic acids is 2. The smallest absolute Gasteiger partial charge is 0.251 e. The molecule has 1 saturated carbocycles. The van der Waals surface area contributed by atoms with Crippen LogP contribution in [0, 0.1) is 5.92 Å². The molecule has 2 amide bonds. The first-order valence-electron chi connectivity index (χ1n) is 10.7. The van der Waals surface area contributed by atoms with Crippen molar-refractivity contribution in [2.45, 2.75) is 31.7 Å². The Balaban J connectivity index is 1.47. The highest BCUT2D eigenvalue weighted by atomic mass is 16.2. The first kappa shape index (κ1) is 18.9. The standard InChI is InChI=1S/C24H26N4O2/c1-25-23(29)17-8-6-16(7-9-17)22-26-20-4-2-3-5-21(20)28(22)19-12-14-27(15-13-19)24(30)18-10-11-18/h2-9,18-19H,10-15H2,1H3,(H,25,29). The summed E-state index contributed by atoms with van der Waals surface area (Å²) >= 11 is 0. The highest BCUT2D eigenvalue weighted by Crippen LogP contribution is 2.36. The molecule has 0 radical (unpaired) electrons. The van der Waals surface area contributed by atoms with Crippen LogP contribution >= 0.6 is 0 Å². The van der Waals surface area contributed by atoms with E-state index in [4.69, 9.17) is 4.98 Å². The van der Waals surface area contributed by atoms with Crippen molar-refractivity contribution < 1.29 is 9.59 Å². The highest BCUT2D eigenvalue weighted by molar-refractivity contribution is 5.94. The third-order valence-corrected chi connectivity index (χ3v) is 6.30. The second-order valence-electron chi connectivity index (χ2n) is 8.28. The number of nitrogens with one attached hydrogen (secondary N) is 1. The largest absolute Gasteiger partial charge is 0.355 e. The molecule has 0 spiro atoms. The van der Waals surface area contributed by atoms with E-state index in [9.17, 15) is 9.59 Å². The van der Waals surface area contributed by atoms with Crippen molar-refractivity contribution in [1.82, 2.24) is 19.8 Å². The zero-order chi connectivity index (χ0) is 20.7. The third-order valence-electron chi connectivity index (χ3n) is 6.30. The Labute approximate surface area is 175 Å². The number of hydrogen-bond acceptors (Lipinski definition) is 3. The van der Waals surface area contributed by atoms with E-state index >= 15 is 0 Å². The van der Waals surface area contributed by atoms with Crippen LogP contribution in [0.2, 0.25) is 0 Å². The summed E-state index contributed by atoms with van der Waals surface area (Å²) in [6.45, 7) is 1.61. The summed E-state index contributed by atoms with van der Waals surface area (Å²) in [6.07, 6.45) is 3.98. The van der Waals surface area contributed by atoms with Crippen molar-refractivity contribution in [3.05, 3.63) is 54.1 Å². The maximum atomic E-state index is 12.4. The molecule has 1 aromatic heterocycles. The van der Waals surface area contributed by atoms with Crippen molar-refractivity contribution in [2.24, 2.45) is 5.92 Å². The molecule has 6 nitrogen and oxygen atoms in total. The average Bonchev–Trinajstić information content (AvgIpc) is 3.58. The molecule has 1 aliphatic carbocycles. The monoisotopic (exact) mass is 402 g/mol. The van der Waals surface area contributed by atoms with Crippen LogP contribution < -0.4 is 5.32 Å². The fourth-order valence-electron chi connectivity index (χ4n) is 4.47. The average molecular weight is 402 g/mol. The molecule has 0 atom stereocenters. The van der Waals surface area contributed by atoms with Gasteiger partial charge in [0.2, 0.25) is 5.91 Å². The number of rotatable bonds is 4. The zero-order valence-electron chi connectivity index (χ0n) is 17.2. The van der Waals surface area contributed by atoms with E-state index in [-0.39, 0.29) is 11.8 Å². The number of likely N-dealkylation sites (tertiary alicyclic amines) is 1. The van der Waals surface area contributed by atoms with Crippen molar-refractivity contribution >= 4 is 22.8 Å². The van der Waals surface area contributed by atoms with Crippen molar-refractivity contribution in [3.63, 3.8) is 0 Å². The van der Waals surface area contributed by atoms with Crippen LogP contribution in [-0.4, -0.2) is 46.4 Å². The molecule has 0 unspecified atom stereocenters. The number of piperidine rings is 1. The van der Waals surface area contributed by atoms with Crippen LogP contribution in [0.25, 0.3) is 22.4 Å². The Bertz CT molecular complexity index is 1090. The number of aromatic nitrogens is 2. The summed E-state index contributed by atoms with van der Waals surface area (Å²) in [6, 6.07) is 16.1. The van der Waals surface area contributed by atoms with Crippen LogP contribution in [0.5, 0.6) is 0 Å². The minimum Gasteiger partial charge on any atom is -0.355 e. The second-order valence-corrected chi connectivity index (χ2v) is 8.28. The molecule has 2 heterocycles. The summed E-state index contributed by atoms with van der Waals surface area (Å²) in [7, 11) is 1.63. The van der Waals surface area contributed by atoms with Gasteiger partial charge in [0.05, 0.1) is 11.0 Å². The molecule has 1 aliphatic heterocycles. The lowest BCUT2D eigenvalue weighted by Gasteiger charge is -2.33. The second kappa shape index (κ2) is 7.59. The van der Waals surface area contributed by atoms with Gasteiger partial charge in [0.25, 0.3) is 5.91 Å². The summed E-state index contributed by atoms with van der Waals surface area (Å²) in [4.78, 5) is 31.3. The van der Waals surface area contributed by atoms with Crippen molar-refractivity contribution in [2.75, 3.05) is 20.1 Å². The van der Waals surface area contributed by atoms with Gasteiger partial charge in [-0.3, -0.25) is 9.59 Å². The molecule has 30 heavy (non-hydrogen) atoms. The predicted octanol–water partition coefficient (Wildman–Crippen LogP) is 3.64. The van der Waals surface area contributed by atoms with Gasteiger partial charge < -0.3 is 14.8 Å². The molecule has 6 heteroatoms. The molecule has 1 saturated heterocycles. The van der Waals surface area contributed by atoms with Crippen LogP contribution in [0.1, 0.15) is 42.1 Å². The molecule has 0 bridgehead atoms. The number of fused-ring (bicyclic) bond motifs is 1. The van der Waals surface area contributed by atoms with Gasteiger partial charge in [-0.15, -0.1) is 0 Å². The van der Waals surface area contributed by atoms with Gasteiger partial charge in [-0.2, -0.15) is 0 Å². The molecule has 2 aliphatic rings. The van der Waals surface area contributed by atoms with Gasteiger partial charge in [-0.1, -0.05) is 24.3 Å². The minimum absolute atomic E-state index is 0.0947. The highest BCUT2D eigenvalue weighted by Gasteiger charge is 2.35. The first-order valence-corrected chi connectivity index (χ1v) is 10.7. The molecule has 5 rings (SSSR count). The van der Waals surface area contributed by atoms with E-state index in [1.807, 2.05) is 47.4 Å². The molecule has 2 fully saturated rings. The lowest BCUT2D eigenvalue weighted by atomic mass is 10.0. The number of hydrogen-bond donors (Lipinski definition) is 1. The van der Waals surface area contributed by atoms with Gasteiger partial charge in [0.1, 0.15) is 5.82 Å². The van der Waals surface area contributed by atoms with E-state index in [1.165, 1.54) is 0 Å². The van der Waals surface area contributed by atoms with Crippen molar-refractivity contribution in [3.8, 4) is 11.4 Å². The van der Waals surface area contributed by atoms with Gasteiger partial charge in [-0.05, 0) is 49.9 Å². The van der Waals surface area contributed by atoms with Gasteiger partial charge in [0.15, 0.2) is 0 Å². The van der Waals surface area contributed by atoms with E-state index < -0.39 is 0 Å². The van der Waals surface area contributed by atoms with Crippen LogP contribution in [0.15, 0.2) is 48.5 Å². The molecular formula is C24H26N4O2. The fraction of sp³-hybridized carbons (Fsp3) is 0.375. The van der Waals surface area contributed by atoms with E-state index in [2.05, 4.69) is 16.0 Å². The topological polar surface area (TPSA) is 67.2 Å². The van der Waals surface area contributed by atoms with Crippen LogP contribution in [-0.2, 0) is 4.79 Å². The number of benzene rings is 2. The van der Waals surface area contributed by atoms with Crippen LogP contribution in [0.3, 0.4) is 0 Å². The predicted molar refractivity (Wildman–Crippen MR) is 116 cm³/mol. The molecule has 2 aromatic carbocycles. The normalized spacial score (nSPS) is 17.3. The van der Waals surface area contributed by atoms with E-state index in [1.54, 1.807) is 7.05 Å². The Kier molecular flexibility index (Phi) is 4.77. The lowest BCUT2D eigenvalue weighted by molar-refractivity contribution is -0.133. The minimum atomic E-state index is -0.0947. The summed E-state index contributed by atoms with van der Waals surface area (Å²) in [5, 5.41) is 2.66. The first-order chi connectivity index (χ1) is 14.7. The molecular weight excluding hydrogens is 376 g/mol. The quantitative estimate of drug-likeness (QED) is 0.725. The number of nitrogens with zero attached hydrogens (tertiary/aromatic N) is 3. The number of carbonyl (C=O) groups is 2. The Morgan fingerprint density at radius 3 is 2.33 bits per heavy atom. The SMILES string of the molecule is CNC(=O)c1ccc(-c2nc3ccccc3n2C2CCN(C(=O)C3CC3)CC2)cc1. The summed E-state index contributed by atoms with van der Waals surface area (Å²) in [5.74, 6) is 1.45. The molecule has 3 aromatic rings. The summed E-state index contributed by atoms with van der Waals surface area (Å²) in [5.41, 5.74) is 3.72. The molecule has 154 valence electrons. The maximum absolute atomic E-state index is 12.4. The Hall–Kier alpha value is -3.15. The number of para-hydroxylation sites is 2. The van der Waals surface area contributed by atoms with Gasteiger partial charge in [-0.25, -0.2) is 4.98 Å². The van der Waals surface area contributed by atoms with Gasteiger partial charge >= 0.3 is 0 Å².